The Kier molecular flexibility index (Phi) is 11.2. The van der Waals surface area contributed by atoms with Gasteiger partial charge in [0.2, 0.25) is 17.7 Å². The summed E-state index contributed by atoms with van der Waals surface area (Å²) in [6, 6.07) is 6.08. The highest BCUT2D eigenvalue weighted by Crippen LogP contribution is 2.29. The Morgan fingerprint density at radius 3 is 2.45 bits per heavy atom. The molecule has 1 saturated heterocycles. The average molecular weight is 572 g/mol. The minimum absolute atomic E-state index is 0.0549. The quantitative estimate of drug-likeness (QED) is 0.289. The molecule has 0 radical (unpaired) electrons. The van der Waals surface area contributed by atoms with Crippen molar-refractivity contribution in [2.75, 3.05) is 19.6 Å². The number of aryl methyl sites for hydroxylation is 1. The van der Waals surface area contributed by atoms with Crippen LogP contribution in [0.3, 0.4) is 0 Å². The van der Waals surface area contributed by atoms with Crippen LogP contribution in [0.1, 0.15) is 77.6 Å². The Balaban J connectivity index is 1.65. The van der Waals surface area contributed by atoms with E-state index in [9.17, 15) is 19.5 Å². The molecule has 0 aliphatic carbocycles. The second-order valence-corrected chi connectivity index (χ2v) is 12.5. The molecular formula is C30H45N5O4S. The average Bonchev–Trinajstić information content (AvgIpc) is 3.51. The molecule has 0 spiro atoms. The van der Waals surface area contributed by atoms with E-state index in [0.717, 1.165) is 47.6 Å². The molecule has 0 unspecified atom stereocenters. The van der Waals surface area contributed by atoms with Gasteiger partial charge in [0.15, 0.2) is 0 Å². The largest absolute Gasteiger partial charge is 0.391 e. The lowest BCUT2D eigenvalue weighted by Gasteiger charge is -2.35. The number of rotatable bonds is 12. The fourth-order valence-corrected chi connectivity index (χ4v) is 5.77. The fraction of sp³-hybridized carbons (Fsp3) is 0.600. The summed E-state index contributed by atoms with van der Waals surface area (Å²) in [5, 5.41) is 19.6. The molecule has 10 heteroatoms. The van der Waals surface area contributed by atoms with Gasteiger partial charge in [-0.2, -0.15) is 0 Å². The van der Waals surface area contributed by atoms with E-state index in [1.54, 1.807) is 11.3 Å². The van der Waals surface area contributed by atoms with Crippen LogP contribution in [0.4, 0.5) is 0 Å². The Hall–Kier alpha value is -2.82. The first-order chi connectivity index (χ1) is 18.9. The van der Waals surface area contributed by atoms with Crippen LogP contribution in [0.15, 0.2) is 29.8 Å². The van der Waals surface area contributed by atoms with Crippen molar-refractivity contribution in [1.82, 2.24) is 25.8 Å². The number of β-amino-alcohol motifs (C(OH)–C–C–N with tert-alkyl or cyclic N) is 1. The highest BCUT2D eigenvalue weighted by molar-refractivity contribution is 7.13. The molecule has 3 amide bonds. The number of carbonyl (C=O) groups excluding carboxylic acids is 3. The van der Waals surface area contributed by atoms with Crippen LogP contribution in [-0.2, 0) is 14.4 Å². The summed E-state index contributed by atoms with van der Waals surface area (Å²) < 4.78 is 0. The monoisotopic (exact) mass is 571 g/mol. The highest BCUT2D eigenvalue weighted by atomic mass is 32.1. The first-order valence-corrected chi connectivity index (χ1v) is 15.1. The molecule has 0 saturated carbocycles. The van der Waals surface area contributed by atoms with E-state index in [-0.39, 0.29) is 36.7 Å². The smallest absolute Gasteiger partial charge is 0.246 e. The Bertz CT molecular complexity index is 1140. The fourth-order valence-electron chi connectivity index (χ4n) is 4.96. The number of nitrogens with zero attached hydrogens (tertiary/aromatic N) is 2. The summed E-state index contributed by atoms with van der Waals surface area (Å²) in [6.45, 7) is 13.4. The molecule has 0 bridgehead atoms. The van der Waals surface area contributed by atoms with Crippen LogP contribution >= 0.6 is 11.3 Å². The molecule has 40 heavy (non-hydrogen) atoms. The third kappa shape index (κ3) is 8.34. The zero-order valence-electron chi connectivity index (χ0n) is 24.6. The molecule has 2 aromatic rings. The van der Waals surface area contributed by atoms with Crippen molar-refractivity contribution < 1.29 is 19.5 Å². The van der Waals surface area contributed by atoms with Crippen molar-refractivity contribution in [2.24, 2.45) is 5.41 Å². The van der Waals surface area contributed by atoms with Gasteiger partial charge in [-0.1, -0.05) is 52.0 Å². The van der Waals surface area contributed by atoms with Gasteiger partial charge in [-0.15, -0.1) is 11.3 Å². The van der Waals surface area contributed by atoms with E-state index < -0.39 is 23.6 Å². The zero-order chi connectivity index (χ0) is 29.4. The minimum Gasteiger partial charge on any atom is -0.391 e. The minimum atomic E-state index is -0.814. The maximum absolute atomic E-state index is 13.7. The molecule has 1 aromatic carbocycles. The number of thiazole rings is 1. The van der Waals surface area contributed by atoms with Gasteiger partial charge in [0.1, 0.15) is 12.1 Å². The number of aromatic nitrogens is 1. The molecule has 1 fully saturated rings. The molecule has 1 aliphatic heterocycles. The maximum Gasteiger partial charge on any atom is 0.246 e. The molecule has 2 heterocycles. The van der Waals surface area contributed by atoms with Crippen LogP contribution in [0.5, 0.6) is 0 Å². The van der Waals surface area contributed by atoms with E-state index in [4.69, 9.17) is 0 Å². The predicted molar refractivity (Wildman–Crippen MR) is 159 cm³/mol. The summed E-state index contributed by atoms with van der Waals surface area (Å²) >= 11 is 1.59. The lowest BCUT2D eigenvalue weighted by Crippen LogP contribution is -2.57. The summed E-state index contributed by atoms with van der Waals surface area (Å²) in [6.07, 6.45) is 1.28. The zero-order valence-corrected chi connectivity index (χ0v) is 25.4. The summed E-state index contributed by atoms with van der Waals surface area (Å²) in [7, 11) is 0. The number of benzene rings is 1. The number of unbranched alkanes of at least 4 members (excludes halogenated alkanes) is 1. The molecule has 1 aliphatic rings. The number of amides is 3. The number of likely N-dealkylation sites (tertiary alicyclic amines) is 1. The number of aliphatic hydroxyl groups excluding tert-OH is 1. The number of hydrogen-bond donors (Lipinski definition) is 4. The summed E-state index contributed by atoms with van der Waals surface area (Å²) in [5.74, 6) is -0.847. The molecule has 220 valence electrons. The van der Waals surface area contributed by atoms with Crippen LogP contribution in [0.25, 0.3) is 10.4 Å². The molecule has 1 aromatic heterocycles. The molecule has 4 N–H and O–H groups in total. The lowest BCUT2D eigenvalue weighted by molar-refractivity contribution is -0.144. The maximum atomic E-state index is 13.7. The van der Waals surface area contributed by atoms with Gasteiger partial charge >= 0.3 is 0 Å². The lowest BCUT2D eigenvalue weighted by atomic mass is 9.85. The molecule has 3 rings (SSSR count). The van der Waals surface area contributed by atoms with Crippen molar-refractivity contribution in [1.29, 1.82) is 0 Å². The van der Waals surface area contributed by atoms with Crippen LogP contribution in [0, 0.1) is 12.3 Å². The number of aliphatic hydroxyl groups is 1. The van der Waals surface area contributed by atoms with E-state index in [1.807, 2.05) is 71.3 Å². The van der Waals surface area contributed by atoms with Crippen molar-refractivity contribution in [3.05, 3.63) is 41.0 Å². The third-order valence-electron chi connectivity index (χ3n) is 7.32. The predicted octanol–water partition coefficient (Wildman–Crippen LogP) is 3.57. The number of carbonyl (C=O) groups is 3. The van der Waals surface area contributed by atoms with E-state index in [1.165, 1.54) is 4.90 Å². The van der Waals surface area contributed by atoms with Crippen LogP contribution < -0.4 is 16.0 Å². The highest BCUT2D eigenvalue weighted by Gasteiger charge is 2.44. The van der Waals surface area contributed by atoms with Gasteiger partial charge < -0.3 is 26.0 Å². The van der Waals surface area contributed by atoms with Gasteiger partial charge in [0, 0.05) is 19.4 Å². The second kappa shape index (κ2) is 14.2. The SMILES string of the molecule is CCNCCCCC(=O)N[C@H](C(=O)N1C[C@H](O)C[C@H]1C(=O)N[C@@H](C)c1ccc(-c2scnc2C)cc1)C(C)(C)C. The molecule has 9 nitrogen and oxygen atoms in total. The van der Waals surface area contributed by atoms with Crippen LogP contribution in [0.2, 0.25) is 0 Å². The summed E-state index contributed by atoms with van der Waals surface area (Å²) in [4.78, 5) is 46.7. The Morgan fingerprint density at radius 1 is 1.15 bits per heavy atom. The van der Waals surface area contributed by atoms with Gasteiger partial charge in [-0.05, 0) is 56.3 Å². The molecular weight excluding hydrogens is 526 g/mol. The van der Waals surface area contributed by atoms with Crippen molar-refractivity contribution in [2.45, 2.75) is 91.5 Å². The second-order valence-electron chi connectivity index (χ2n) is 11.7. The number of nitrogens with one attached hydrogen (secondary N) is 3. The van der Waals surface area contributed by atoms with Crippen LogP contribution in [-0.4, -0.2) is 70.5 Å². The topological polar surface area (TPSA) is 124 Å². The third-order valence-corrected chi connectivity index (χ3v) is 8.30. The Morgan fingerprint density at radius 2 is 1.85 bits per heavy atom. The molecule has 4 atom stereocenters. The first-order valence-electron chi connectivity index (χ1n) is 14.2. The van der Waals surface area contributed by atoms with Gasteiger partial charge in [-0.25, -0.2) is 4.98 Å². The van der Waals surface area contributed by atoms with Crippen molar-refractivity contribution >= 4 is 29.1 Å². The van der Waals surface area contributed by atoms with E-state index >= 15 is 0 Å². The summed E-state index contributed by atoms with van der Waals surface area (Å²) in [5.41, 5.74) is 4.25. The van der Waals surface area contributed by atoms with Gasteiger partial charge in [-0.3, -0.25) is 14.4 Å². The number of hydrogen-bond acceptors (Lipinski definition) is 7. The van der Waals surface area contributed by atoms with Crippen molar-refractivity contribution in [3.63, 3.8) is 0 Å². The standard InChI is InChI=1S/C30H45N5O4S/c1-7-31-15-9-8-10-25(37)34-27(30(4,5)6)29(39)35-17-23(36)16-24(35)28(38)33-19(2)21-11-13-22(14-12-21)26-20(3)32-18-40-26/h11-14,18-19,23-24,27,31,36H,7-10,15-17H2,1-6H3,(H,33,38)(H,34,37)/t19-,23+,24-,27+/m0/s1. The van der Waals surface area contributed by atoms with E-state index in [0.29, 0.717) is 6.42 Å². The van der Waals surface area contributed by atoms with Crippen molar-refractivity contribution in [3.8, 4) is 10.4 Å². The first kappa shape index (κ1) is 31.7. The van der Waals surface area contributed by atoms with Gasteiger partial charge in [0.25, 0.3) is 0 Å². The van der Waals surface area contributed by atoms with Gasteiger partial charge in [0.05, 0.1) is 28.2 Å². The normalized spacial score (nSPS) is 18.8. The van der Waals surface area contributed by atoms with E-state index in [2.05, 4.69) is 20.9 Å². The Labute approximate surface area is 242 Å².